The van der Waals surface area contributed by atoms with E-state index in [4.69, 9.17) is 0 Å². The van der Waals surface area contributed by atoms with Crippen molar-refractivity contribution in [3.05, 3.63) is 23.9 Å². The number of nitrogens with zero attached hydrogens (tertiary/aromatic N) is 1. The van der Waals surface area contributed by atoms with Crippen LogP contribution in [0.15, 0.2) is 18.3 Å². The van der Waals surface area contributed by atoms with Gasteiger partial charge in [0, 0.05) is 12.2 Å². The van der Waals surface area contributed by atoms with E-state index in [1.165, 1.54) is 0 Å². The maximum absolute atomic E-state index is 12.0. The minimum atomic E-state index is -3.32. The molecule has 0 saturated carbocycles. The summed E-state index contributed by atoms with van der Waals surface area (Å²) in [5.41, 5.74) is 1.01. The second-order valence-electron chi connectivity index (χ2n) is 4.75. The molecule has 0 bridgehead atoms. The van der Waals surface area contributed by atoms with E-state index in [9.17, 15) is 8.42 Å². The molecule has 1 aromatic rings. The van der Waals surface area contributed by atoms with Crippen molar-refractivity contribution < 1.29 is 8.42 Å². The van der Waals surface area contributed by atoms with E-state index in [2.05, 4.69) is 15.0 Å². The summed E-state index contributed by atoms with van der Waals surface area (Å²) in [6.45, 7) is 2.82. The van der Waals surface area contributed by atoms with E-state index >= 15 is 0 Å². The molecule has 18 heavy (non-hydrogen) atoms. The summed E-state index contributed by atoms with van der Waals surface area (Å²) in [6, 6.07) is 3.58. The van der Waals surface area contributed by atoms with Gasteiger partial charge in [-0.2, -0.15) is 0 Å². The Hall–Kier alpha value is -1.14. The molecule has 1 atom stereocenters. The van der Waals surface area contributed by atoms with Crippen LogP contribution in [0.1, 0.15) is 24.8 Å². The largest absolute Gasteiger partial charge is 0.313 e. The second-order valence-corrected chi connectivity index (χ2v) is 6.52. The summed E-state index contributed by atoms with van der Waals surface area (Å²) in [4.78, 5) is 4.05. The van der Waals surface area contributed by atoms with Gasteiger partial charge in [-0.15, -0.1) is 0 Å². The predicted molar refractivity (Wildman–Crippen MR) is 72.0 cm³/mol. The minimum Gasteiger partial charge on any atom is -0.313 e. The Labute approximate surface area is 108 Å². The van der Waals surface area contributed by atoms with Crippen LogP contribution < -0.4 is 10.0 Å². The first-order valence-electron chi connectivity index (χ1n) is 6.22. The number of hydrogen-bond acceptors (Lipinski definition) is 4. The average Bonchev–Trinajstić information content (AvgIpc) is 2.32. The van der Waals surface area contributed by atoms with Crippen molar-refractivity contribution in [2.24, 2.45) is 0 Å². The topological polar surface area (TPSA) is 71.1 Å². The molecule has 6 heteroatoms. The number of hydrogen-bond donors (Lipinski definition) is 2. The molecule has 0 spiro atoms. The van der Waals surface area contributed by atoms with Crippen LogP contribution in [0, 0.1) is 6.92 Å². The Morgan fingerprint density at radius 1 is 1.44 bits per heavy atom. The van der Waals surface area contributed by atoms with E-state index in [1.807, 2.05) is 13.0 Å². The fourth-order valence-electron chi connectivity index (χ4n) is 2.06. The fraction of sp³-hybridized carbons (Fsp3) is 0.583. The first kappa shape index (κ1) is 13.3. The van der Waals surface area contributed by atoms with E-state index in [-0.39, 0.29) is 11.8 Å². The van der Waals surface area contributed by atoms with Crippen LogP contribution >= 0.6 is 0 Å². The molecule has 1 aliphatic rings. The predicted octanol–water partition coefficient (Wildman–Crippen LogP) is 1.27. The number of aromatic nitrogens is 1. The number of nitrogens with one attached hydrogen (secondary N) is 2. The van der Waals surface area contributed by atoms with E-state index in [0.29, 0.717) is 5.82 Å². The normalized spacial score (nSPS) is 20.6. The molecule has 1 aromatic heterocycles. The van der Waals surface area contributed by atoms with Gasteiger partial charge < -0.3 is 5.32 Å². The summed E-state index contributed by atoms with van der Waals surface area (Å²) in [5, 5.41) is 3.23. The zero-order chi connectivity index (χ0) is 13.0. The molecule has 0 aliphatic carbocycles. The fourth-order valence-corrected chi connectivity index (χ4v) is 3.40. The third-order valence-corrected chi connectivity index (χ3v) is 4.37. The third-order valence-electron chi connectivity index (χ3n) is 3.00. The number of rotatable bonds is 4. The van der Waals surface area contributed by atoms with Crippen molar-refractivity contribution >= 4 is 15.8 Å². The first-order valence-corrected chi connectivity index (χ1v) is 7.87. The number of anilines is 1. The van der Waals surface area contributed by atoms with Crippen LogP contribution in [0.25, 0.3) is 0 Å². The highest BCUT2D eigenvalue weighted by Crippen LogP contribution is 2.11. The van der Waals surface area contributed by atoms with Crippen molar-refractivity contribution in [3.63, 3.8) is 0 Å². The molecule has 2 rings (SSSR count). The maximum Gasteiger partial charge on any atom is 0.235 e. The molecule has 1 unspecified atom stereocenters. The van der Waals surface area contributed by atoms with Gasteiger partial charge in [0.05, 0.1) is 5.75 Å². The zero-order valence-corrected chi connectivity index (χ0v) is 11.3. The molecule has 0 aromatic carbocycles. The highest BCUT2D eigenvalue weighted by atomic mass is 32.2. The molecule has 0 amide bonds. The summed E-state index contributed by atoms with van der Waals surface area (Å²) in [5.74, 6) is 0.499. The molecule has 1 aliphatic heterocycles. The van der Waals surface area contributed by atoms with Gasteiger partial charge in [0.2, 0.25) is 10.0 Å². The lowest BCUT2D eigenvalue weighted by Crippen LogP contribution is -2.40. The zero-order valence-electron chi connectivity index (χ0n) is 10.5. The Morgan fingerprint density at radius 3 is 2.89 bits per heavy atom. The maximum atomic E-state index is 12.0. The Balaban J connectivity index is 1.96. The summed E-state index contributed by atoms with van der Waals surface area (Å²) < 4.78 is 26.4. The van der Waals surface area contributed by atoms with Gasteiger partial charge in [0.1, 0.15) is 5.82 Å². The second kappa shape index (κ2) is 5.67. The van der Waals surface area contributed by atoms with Crippen molar-refractivity contribution in [1.82, 2.24) is 10.3 Å². The third kappa shape index (κ3) is 3.96. The number of aryl methyl sites for hydroxylation is 1. The van der Waals surface area contributed by atoms with Gasteiger partial charge >= 0.3 is 0 Å². The van der Waals surface area contributed by atoms with Crippen LogP contribution in [0.3, 0.4) is 0 Å². The Kier molecular flexibility index (Phi) is 4.19. The van der Waals surface area contributed by atoms with Crippen LogP contribution in [-0.2, 0) is 10.0 Å². The lowest BCUT2D eigenvalue weighted by Gasteiger charge is -2.23. The minimum absolute atomic E-state index is 0.0571. The molecular weight excluding hydrogens is 250 g/mol. The molecule has 0 radical (unpaired) electrons. The number of sulfonamides is 1. The van der Waals surface area contributed by atoms with Gasteiger partial charge in [-0.05, 0) is 37.9 Å². The lowest BCUT2D eigenvalue weighted by atomic mass is 10.1. The van der Waals surface area contributed by atoms with Gasteiger partial charge in [-0.25, -0.2) is 13.4 Å². The Morgan fingerprint density at radius 2 is 2.28 bits per heavy atom. The van der Waals surface area contributed by atoms with Crippen LogP contribution in [0.5, 0.6) is 0 Å². The van der Waals surface area contributed by atoms with Gasteiger partial charge in [-0.3, -0.25) is 4.72 Å². The van der Waals surface area contributed by atoms with Crippen molar-refractivity contribution in [2.45, 2.75) is 32.2 Å². The van der Waals surface area contributed by atoms with Crippen LogP contribution in [-0.4, -0.2) is 31.7 Å². The number of piperidine rings is 1. The van der Waals surface area contributed by atoms with Crippen LogP contribution in [0.4, 0.5) is 5.82 Å². The highest BCUT2D eigenvalue weighted by molar-refractivity contribution is 7.92. The summed E-state index contributed by atoms with van der Waals surface area (Å²) in [6.07, 6.45) is 4.79. The van der Waals surface area contributed by atoms with Crippen molar-refractivity contribution in [1.29, 1.82) is 0 Å². The smallest absolute Gasteiger partial charge is 0.235 e. The molecule has 100 valence electrons. The van der Waals surface area contributed by atoms with Crippen molar-refractivity contribution in [2.75, 3.05) is 17.0 Å². The molecule has 1 fully saturated rings. The highest BCUT2D eigenvalue weighted by Gasteiger charge is 2.21. The monoisotopic (exact) mass is 269 g/mol. The van der Waals surface area contributed by atoms with Gasteiger partial charge in [-0.1, -0.05) is 12.5 Å². The lowest BCUT2D eigenvalue weighted by molar-refractivity contribution is 0.424. The molecule has 2 N–H and O–H groups in total. The van der Waals surface area contributed by atoms with E-state index in [1.54, 1.807) is 12.3 Å². The van der Waals surface area contributed by atoms with Crippen molar-refractivity contribution in [3.8, 4) is 0 Å². The Bertz CT molecular complexity index is 479. The first-order chi connectivity index (χ1) is 8.55. The SMILES string of the molecule is Cc1ccc(NS(=O)(=O)CC2CCCCN2)nc1. The standard InChI is InChI=1S/C12H19N3O2S/c1-10-5-6-12(14-8-10)15-18(16,17)9-11-4-2-3-7-13-11/h5-6,8,11,13H,2-4,7,9H2,1H3,(H,14,15). The quantitative estimate of drug-likeness (QED) is 0.863. The average molecular weight is 269 g/mol. The van der Waals surface area contributed by atoms with E-state index < -0.39 is 10.0 Å². The summed E-state index contributed by atoms with van der Waals surface area (Å²) >= 11 is 0. The van der Waals surface area contributed by atoms with Gasteiger partial charge in [0.15, 0.2) is 0 Å². The van der Waals surface area contributed by atoms with Crippen LogP contribution in [0.2, 0.25) is 0 Å². The summed E-state index contributed by atoms with van der Waals surface area (Å²) in [7, 11) is -3.32. The van der Waals surface area contributed by atoms with E-state index in [0.717, 1.165) is 31.4 Å². The number of pyridine rings is 1. The molecule has 1 saturated heterocycles. The molecule has 2 heterocycles. The molecule has 5 nitrogen and oxygen atoms in total. The van der Waals surface area contributed by atoms with Gasteiger partial charge in [0.25, 0.3) is 0 Å². The molecular formula is C12H19N3O2S.